The maximum absolute atomic E-state index is 12.9. The first-order valence-corrected chi connectivity index (χ1v) is 11.0. The van der Waals surface area contributed by atoms with E-state index < -0.39 is 15.9 Å². The highest BCUT2D eigenvalue weighted by Gasteiger charge is 2.25. The Labute approximate surface area is 183 Å². The van der Waals surface area contributed by atoms with Gasteiger partial charge >= 0.3 is 0 Å². The number of rotatable bonds is 12. The summed E-state index contributed by atoms with van der Waals surface area (Å²) in [6, 6.07) is 11.5. The maximum atomic E-state index is 12.9. The van der Waals surface area contributed by atoms with Crippen LogP contribution in [0.25, 0.3) is 0 Å². The van der Waals surface area contributed by atoms with Crippen molar-refractivity contribution in [3.05, 3.63) is 60.7 Å². The molecule has 31 heavy (non-hydrogen) atoms. The molecular weight excluding hydrogens is 420 g/mol. The Balaban J connectivity index is 1.99. The third-order valence-corrected chi connectivity index (χ3v) is 6.36. The van der Waals surface area contributed by atoms with Gasteiger partial charge in [0.25, 0.3) is 0 Å². The van der Waals surface area contributed by atoms with E-state index in [0.29, 0.717) is 30.2 Å². The molecule has 0 aliphatic carbocycles. The fraction of sp³-hybridized carbons (Fsp3) is 0.318. The van der Waals surface area contributed by atoms with Gasteiger partial charge in [0.2, 0.25) is 15.9 Å². The first-order chi connectivity index (χ1) is 14.8. The molecule has 0 fully saturated rings. The van der Waals surface area contributed by atoms with E-state index in [1.165, 1.54) is 25.3 Å². The summed E-state index contributed by atoms with van der Waals surface area (Å²) in [5, 5.41) is 2.76. The second-order valence-electron chi connectivity index (χ2n) is 6.55. The van der Waals surface area contributed by atoms with Crippen LogP contribution in [0.15, 0.2) is 60.0 Å². The van der Waals surface area contributed by atoms with Crippen LogP contribution in [0.5, 0.6) is 17.2 Å². The molecule has 8 nitrogen and oxygen atoms in total. The van der Waals surface area contributed by atoms with Crippen molar-refractivity contribution in [2.75, 3.05) is 41.0 Å². The number of hydrogen-bond acceptors (Lipinski definition) is 6. The van der Waals surface area contributed by atoms with Crippen molar-refractivity contribution in [2.24, 2.45) is 0 Å². The van der Waals surface area contributed by atoms with Crippen molar-refractivity contribution in [2.45, 2.75) is 11.3 Å². The minimum atomic E-state index is -3.86. The van der Waals surface area contributed by atoms with E-state index in [1.807, 2.05) is 12.1 Å². The first-order valence-electron chi connectivity index (χ1n) is 9.58. The van der Waals surface area contributed by atoms with Gasteiger partial charge in [0.05, 0.1) is 32.8 Å². The topological polar surface area (TPSA) is 94.2 Å². The van der Waals surface area contributed by atoms with Crippen LogP contribution in [0.3, 0.4) is 0 Å². The van der Waals surface area contributed by atoms with Gasteiger partial charge in [-0.3, -0.25) is 4.79 Å². The Morgan fingerprint density at radius 2 is 1.71 bits per heavy atom. The van der Waals surface area contributed by atoms with E-state index in [9.17, 15) is 13.2 Å². The Morgan fingerprint density at radius 1 is 1.03 bits per heavy atom. The summed E-state index contributed by atoms with van der Waals surface area (Å²) in [6.45, 7) is 3.64. The molecule has 0 aliphatic rings. The standard InChI is InChI=1S/C22H28N2O6S/c1-5-14-24(31(26,27)19-9-7-18(28-2)8-10-19)16-22(25)23-13-12-17-6-11-20(29-3)21(15-17)30-4/h5-11,15H,1,12-14,16H2,2-4H3,(H,23,25). The zero-order valence-corrected chi connectivity index (χ0v) is 18.8. The number of carbonyl (C=O) groups excluding carboxylic acids is 1. The summed E-state index contributed by atoms with van der Waals surface area (Å²) in [4.78, 5) is 12.5. The fourth-order valence-corrected chi connectivity index (χ4v) is 4.25. The van der Waals surface area contributed by atoms with E-state index in [1.54, 1.807) is 32.4 Å². The van der Waals surface area contributed by atoms with Gasteiger partial charge in [-0.1, -0.05) is 12.1 Å². The average molecular weight is 449 g/mol. The first kappa shape index (κ1) is 24.2. The average Bonchev–Trinajstić information content (AvgIpc) is 2.78. The number of sulfonamides is 1. The predicted octanol–water partition coefficient (Wildman–Crippen LogP) is 2.25. The number of methoxy groups -OCH3 is 3. The molecule has 168 valence electrons. The molecule has 0 atom stereocenters. The second-order valence-corrected chi connectivity index (χ2v) is 8.49. The number of benzene rings is 2. The SMILES string of the molecule is C=CCN(CC(=O)NCCc1ccc(OC)c(OC)c1)S(=O)(=O)c1ccc(OC)cc1. The molecule has 0 unspecified atom stereocenters. The van der Waals surface area contributed by atoms with E-state index in [-0.39, 0.29) is 18.0 Å². The summed E-state index contributed by atoms with van der Waals surface area (Å²) in [6.07, 6.45) is 2.00. The molecule has 0 saturated heterocycles. The Morgan fingerprint density at radius 3 is 2.29 bits per heavy atom. The molecule has 2 aromatic rings. The number of amides is 1. The molecule has 0 aliphatic heterocycles. The van der Waals surface area contributed by atoms with E-state index >= 15 is 0 Å². The summed E-state index contributed by atoms with van der Waals surface area (Å²) in [5.41, 5.74) is 0.951. The number of ether oxygens (including phenoxy) is 3. The van der Waals surface area contributed by atoms with Gasteiger partial charge in [0.15, 0.2) is 11.5 Å². The van der Waals surface area contributed by atoms with Gasteiger partial charge in [-0.2, -0.15) is 4.31 Å². The van der Waals surface area contributed by atoms with Gasteiger partial charge in [-0.05, 0) is 48.4 Å². The van der Waals surface area contributed by atoms with Crippen molar-refractivity contribution < 1.29 is 27.4 Å². The van der Waals surface area contributed by atoms with Crippen LogP contribution in [-0.4, -0.2) is 59.6 Å². The molecule has 2 rings (SSSR count). The lowest BCUT2D eigenvalue weighted by molar-refractivity contribution is -0.121. The largest absolute Gasteiger partial charge is 0.497 e. The van der Waals surface area contributed by atoms with E-state index in [0.717, 1.165) is 9.87 Å². The van der Waals surface area contributed by atoms with Gasteiger partial charge in [-0.25, -0.2) is 8.42 Å². The number of carbonyl (C=O) groups is 1. The van der Waals surface area contributed by atoms with Gasteiger partial charge in [0.1, 0.15) is 5.75 Å². The normalized spacial score (nSPS) is 11.1. The molecule has 9 heteroatoms. The summed E-state index contributed by atoms with van der Waals surface area (Å²) >= 11 is 0. The number of hydrogen-bond donors (Lipinski definition) is 1. The lowest BCUT2D eigenvalue weighted by atomic mass is 10.1. The van der Waals surface area contributed by atoms with Gasteiger partial charge < -0.3 is 19.5 Å². The molecule has 0 radical (unpaired) electrons. The highest BCUT2D eigenvalue weighted by molar-refractivity contribution is 7.89. The van der Waals surface area contributed by atoms with Crippen LogP contribution < -0.4 is 19.5 Å². The molecule has 0 spiro atoms. The highest BCUT2D eigenvalue weighted by Crippen LogP contribution is 2.27. The molecule has 2 aromatic carbocycles. The third-order valence-electron chi connectivity index (χ3n) is 4.53. The molecule has 0 saturated carbocycles. The van der Waals surface area contributed by atoms with Crippen molar-refractivity contribution in [3.63, 3.8) is 0 Å². The quantitative estimate of drug-likeness (QED) is 0.501. The zero-order chi connectivity index (χ0) is 22.9. The molecule has 1 amide bonds. The Hall–Kier alpha value is -3.04. The molecule has 0 bridgehead atoms. The molecule has 1 N–H and O–H groups in total. The van der Waals surface area contributed by atoms with E-state index in [2.05, 4.69) is 11.9 Å². The van der Waals surface area contributed by atoms with Crippen LogP contribution in [0.1, 0.15) is 5.56 Å². The second kappa shape index (κ2) is 11.4. The lowest BCUT2D eigenvalue weighted by Gasteiger charge is -2.20. The lowest BCUT2D eigenvalue weighted by Crippen LogP contribution is -2.41. The highest BCUT2D eigenvalue weighted by atomic mass is 32.2. The van der Waals surface area contributed by atoms with Crippen molar-refractivity contribution in [1.29, 1.82) is 0 Å². The number of nitrogens with one attached hydrogen (secondary N) is 1. The van der Waals surface area contributed by atoms with E-state index in [4.69, 9.17) is 14.2 Å². The monoisotopic (exact) mass is 448 g/mol. The Kier molecular flexibility index (Phi) is 8.89. The van der Waals surface area contributed by atoms with Crippen molar-refractivity contribution >= 4 is 15.9 Å². The third kappa shape index (κ3) is 6.47. The Bertz CT molecular complexity index is 990. The van der Waals surface area contributed by atoms with Gasteiger partial charge in [0, 0.05) is 13.1 Å². The molecule has 0 heterocycles. The minimum absolute atomic E-state index is 0.0114. The predicted molar refractivity (Wildman–Crippen MR) is 118 cm³/mol. The zero-order valence-electron chi connectivity index (χ0n) is 18.0. The van der Waals surface area contributed by atoms with Crippen molar-refractivity contribution in [1.82, 2.24) is 9.62 Å². The van der Waals surface area contributed by atoms with Crippen LogP contribution in [0.2, 0.25) is 0 Å². The summed E-state index contributed by atoms with van der Waals surface area (Å²) in [7, 11) is 0.757. The van der Waals surface area contributed by atoms with Crippen LogP contribution in [0.4, 0.5) is 0 Å². The maximum Gasteiger partial charge on any atom is 0.243 e. The minimum Gasteiger partial charge on any atom is -0.497 e. The van der Waals surface area contributed by atoms with Crippen molar-refractivity contribution in [3.8, 4) is 17.2 Å². The molecule has 0 aromatic heterocycles. The summed E-state index contributed by atoms with van der Waals surface area (Å²) in [5.74, 6) is 1.37. The molecular formula is C22H28N2O6S. The van der Waals surface area contributed by atoms with Crippen LogP contribution >= 0.6 is 0 Å². The van der Waals surface area contributed by atoms with Crippen LogP contribution in [0, 0.1) is 0 Å². The number of nitrogens with zero attached hydrogens (tertiary/aromatic N) is 1. The summed E-state index contributed by atoms with van der Waals surface area (Å²) < 4.78 is 42.5. The smallest absolute Gasteiger partial charge is 0.243 e. The fourth-order valence-electron chi connectivity index (χ4n) is 2.89. The van der Waals surface area contributed by atoms with Crippen LogP contribution in [-0.2, 0) is 21.2 Å². The van der Waals surface area contributed by atoms with Gasteiger partial charge in [-0.15, -0.1) is 6.58 Å².